The molecule has 0 aliphatic heterocycles. The Morgan fingerprint density at radius 2 is 1.84 bits per heavy atom. The van der Waals surface area contributed by atoms with E-state index in [2.05, 4.69) is 68.1 Å². The number of aryl methyl sites for hydroxylation is 1. The Kier molecular flexibility index (Phi) is 5.77. The van der Waals surface area contributed by atoms with Crippen LogP contribution in [0.3, 0.4) is 0 Å². The summed E-state index contributed by atoms with van der Waals surface area (Å²) in [6.07, 6.45) is 3.83. The third-order valence-corrected chi connectivity index (χ3v) is 7.39. The van der Waals surface area contributed by atoms with Crippen molar-refractivity contribution >= 4 is 25.0 Å². The minimum absolute atomic E-state index is 0.0618. The molecule has 0 saturated carbocycles. The van der Waals surface area contributed by atoms with Gasteiger partial charge < -0.3 is 4.43 Å². The Morgan fingerprint density at radius 1 is 1.21 bits per heavy atom. The molecule has 4 heteroatoms. The van der Waals surface area contributed by atoms with Gasteiger partial charge in [-0.1, -0.05) is 20.8 Å². The van der Waals surface area contributed by atoms with Crippen molar-refractivity contribution in [2.45, 2.75) is 64.6 Å². The number of hydrogen-bond acceptors (Lipinski definition) is 2. The first-order valence-corrected chi connectivity index (χ1v) is 9.88. The van der Waals surface area contributed by atoms with Crippen LogP contribution < -0.4 is 0 Å². The maximum atomic E-state index is 6.35. The minimum atomic E-state index is -1.18. The van der Waals surface area contributed by atoms with E-state index in [-0.39, 0.29) is 5.60 Å². The van der Waals surface area contributed by atoms with E-state index in [0.29, 0.717) is 5.04 Å². The van der Waals surface area contributed by atoms with E-state index in [1.54, 1.807) is 0 Å². The van der Waals surface area contributed by atoms with Gasteiger partial charge in [-0.25, -0.2) is 0 Å². The normalized spacial score (nSPS) is 14.5. The van der Waals surface area contributed by atoms with Crippen LogP contribution >= 0.6 is 15.9 Å². The summed E-state index contributed by atoms with van der Waals surface area (Å²) < 4.78 is 7.38. The summed E-state index contributed by atoms with van der Waals surface area (Å²) in [6, 6.07) is 4.12. The van der Waals surface area contributed by atoms with Gasteiger partial charge in [-0.15, -0.1) is 0 Å². The van der Waals surface area contributed by atoms with Gasteiger partial charge in [0.2, 0.25) is 0 Å². The second-order valence-electron chi connectivity index (χ2n) is 6.85. The van der Waals surface area contributed by atoms with Crippen molar-refractivity contribution in [3.05, 3.63) is 28.5 Å². The number of halogens is 1. The van der Waals surface area contributed by atoms with Crippen molar-refractivity contribution in [3.8, 4) is 0 Å². The third-order valence-electron chi connectivity index (χ3n) is 3.49. The molecule has 108 valence electrons. The molecule has 0 fully saturated rings. The molecule has 0 aliphatic carbocycles. The van der Waals surface area contributed by atoms with E-state index in [1.807, 2.05) is 12.3 Å². The number of pyridine rings is 1. The van der Waals surface area contributed by atoms with Gasteiger partial charge in [-0.05, 0) is 66.3 Å². The van der Waals surface area contributed by atoms with Crippen molar-refractivity contribution in [3.63, 3.8) is 0 Å². The first-order valence-electron chi connectivity index (χ1n) is 6.88. The molecule has 19 heavy (non-hydrogen) atoms. The first kappa shape index (κ1) is 16.9. The fraction of sp³-hybridized carbons (Fsp3) is 0.667. The van der Waals surface area contributed by atoms with Crippen LogP contribution in [0.2, 0.25) is 11.6 Å². The summed E-state index contributed by atoms with van der Waals surface area (Å²) in [6.45, 7) is 13.5. The maximum absolute atomic E-state index is 6.35. The SMILES string of the molecule is C[SiH](OC(C)(C)CCc1ccc(Br)cn1)C(C)(C)C. The smallest absolute Gasteiger partial charge is 0.179 e. The molecule has 1 aromatic rings. The number of hydrogen-bond donors (Lipinski definition) is 0. The molecule has 0 N–H and O–H groups in total. The minimum Gasteiger partial charge on any atom is -0.415 e. The molecule has 1 atom stereocenters. The van der Waals surface area contributed by atoms with E-state index < -0.39 is 9.04 Å². The molecule has 0 amide bonds. The Bertz CT molecular complexity index is 398. The van der Waals surface area contributed by atoms with E-state index >= 15 is 0 Å². The van der Waals surface area contributed by atoms with Gasteiger partial charge in [0.1, 0.15) is 0 Å². The predicted molar refractivity (Wildman–Crippen MR) is 88.2 cm³/mol. The summed E-state index contributed by atoms with van der Waals surface area (Å²) >= 11 is 3.41. The number of aromatic nitrogens is 1. The van der Waals surface area contributed by atoms with E-state index in [4.69, 9.17) is 4.43 Å². The monoisotopic (exact) mass is 343 g/mol. The molecular formula is C15H26BrNOSi. The zero-order chi connectivity index (χ0) is 14.7. The van der Waals surface area contributed by atoms with Crippen LogP contribution in [0.4, 0.5) is 0 Å². The second-order valence-corrected chi connectivity index (χ2v) is 11.0. The fourth-order valence-electron chi connectivity index (χ4n) is 1.70. The van der Waals surface area contributed by atoms with Crippen LogP contribution in [-0.4, -0.2) is 19.6 Å². The number of nitrogens with zero attached hydrogens (tertiary/aromatic N) is 1. The second kappa shape index (κ2) is 6.51. The van der Waals surface area contributed by atoms with Crippen LogP contribution in [-0.2, 0) is 10.8 Å². The topological polar surface area (TPSA) is 22.1 Å². The van der Waals surface area contributed by atoms with Gasteiger partial charge in [-0.2, -0.15) is 0 Å². The Morgan fingerprint density at radius 3 is 2.32 bits per heavy atom. The highest BCUT2D eigenvalue weighted by Crippen LogP contribution is 2.31. The Balaban J connectivity index is 2.53. The average molecular weight is 344 g/mol. The lowest BCUT2D eigenvalue weighted by atomic mass is 10.0. The standard InChI is InChI=1S/C15H26BrNOSi/c1-14(2,3)19(6)18-15(4,5)10-9-13-8-7-12(16)11-17-13/h7-8,11,19H,9-10H2,1-6H3. The lowest BCUT2D eigenvalue weighted by Crippen LogP contribution is -2.37. The lowest BCUT2D eigenvalue weighted by molar-refractivity contribution is 0.0919. The largest absolute Gasteiger partial charge is 0.415 e. The van der Waals surface area contributed by atoms with Crippen molar-refractivity contribution in [1.29, 1.82) is 0 Å². The molecule has 0 radical (unpaired) electrons. The highest BCUT2D eigenvalue weighted by molar-refractivity contribution is 9.10. The Hall–Kier alpha value is -0.193. The molecular weight excluding hydrogens is 318 g/mol. The van der Waals surface area contributed by atoms with Crippen molar-refractivity contribution in [2.24, 2.45) is 0 Å². The lowest BCUT2D eigenvalue weighted by Gasteiger charge is -2.35. The molecule has 0 saturated heterocycles. The molecule has 0 bridgehead atoms. The molecule has 0 aromatic carbocycles. The van der Waals surface area contributed by atoms with Crippen LogP contribution in [0.1, 0.15) is 46.7 Å². The molecule has 1 aromatic heterocycles. The van der Waals surface area contributed by atoms with Gasteiger partial charge in [0, 0.05) is 16.4 Å². The summed E-state index contributed by atoms with van der Waals surface area (Å²) in [5.74, 6) is 0. The van der Waals surface area contributed by atoms with Crippen molar-refractivity contribution < 1.29 is 4.43 Å². The summed E-state index contributed by atoms with van der Waals surface area (Å²) in [7, 11) is -1.18. The highest BCUT2D eigenvalue weighted by Gasteiger charge is 2.29. The van der Waals surface area contributed by atoms with Gasteiger partial charge >= 0.3 is 0 Å². The average Bonchev–Trinajstić information content (AvgIpc) is 2.26. The van der Waals surface area contributed by atoms with Gasteiger partial charge in [0.15, 0.2) is 9.04 Å². The molecule has 0 aliphatic rings. The van der Waals surface area contributed by atoms with Gasteiger partial charge in [0.05, 0.1) is 5.60 Å². The van der Waals surface area contributed by atoms with Crippen molar-refractivity contribution in [1.82, 2.24) is 4.98 Å². The Labute approximate surface area is 127 Å². The number of rotatable bonds is 5. The van der Waals surface area contributed by atoms with E-state index in [9.17, 15) is 0 Å². The molecule has 2 nitrogen and oxygen atoms in total. The van der Waals surface area contributed by atoms with Gasteiger partial charge in [0.25, 0.3) is 0 Å². The van der Waals surface area contributed by atoms with Gasteiger partial charge in [-0.3, -0.25) is 4.98 Å². The summed E-state index contributed by atoms with van der Waals surface area (Å²) in [4.78, 5) is 4.42. The van der Waals surface area contributed by atoms with E-state index in [1.165, 1.54) is 0 Å². The molecule has 0 spiro atoms. The van der Waals surface area contributed by atoms with Crippen molar-refractivity contribution in [2.75, 3.05) is 0 Å². The van der Waals surface area contributed by atoms with Crippen LogP contribution in [0.5, 0.6) is 0 Å². The molecule has 1 rings (SSSR count). The highest BCUT2D eigenvalue weighted by atomic mass is 79.9. The van der Waals surface area contributed by atoms with Crippen LogP contribution in [0, 0.1) is 0 Å². The van der Waals surface area contributed by atoms with Crippen LogP contribution in [0.15, 0.2) is 22.8 Å². The first-order chi connectivity index (χ1) is 8.60. The predicted octanol–water partition coefficient (Wildman–Crippen LogP) is 4.73. The molecule has 1 unspecified atom stereocenters. The quantitative estimate of drug-likeness (QED) is 0.721. The third kappa shape index (κ3) is 6.19. The summed E-state index contributed by atoms with van der Waals surface area (Å²) in [5.41, 5.74) is 1.07. The fourth-order valence-corrected chi connectivity index (χ4v) is 3.36. The van der Waals surface area contributed by atoms with E-state index in [0.717, 1.165) is 23.0 Å². The zero-order valence-electron chi connectivity index (χ0n) is 13.0. The van der Waals surface area contributed by atoms with Crippen LogP contribution in [0.25, 0.3) is 0 Å². The molecule has 1 heterocycles. The zero-order valence-corrected chi connectivity index (χ0v) is 15.7. The summed E-state index contributed by atoms with van der Waals surface area (Å²) in [5, 5.41) is 0.313. The maximum Gasteiger partial charge on any atom is 0.179 e.